The van der Waals surface area contributed by atoms with Crippen LogP contribution >= 0.6 is 28.1 Å². The third kappa shape index (κ3) is 5.40. The predicted molar refractivity (Wildman–Crippen MR) is 144 cm³/mol. The van der Waals surface area contributed by atoms with Gasteiger partial charge >= 0.3 is 0 Å². The number of halogens is 3. The maximum Gasteiger partial charge on any atom is 0.226 e. The van der Waals surface area contributed by atoms with E-state index in [1.54, 1.807) is 24.4 Å². The van der Waals surface area contributed by atoms with Crippen molar-refractivity contribution in [3.63, 3.8) is 0 Å². The first-order valence-corrected chi connectivity index (χ1v) is 12.7. The highest BCUT2D eigenvalue weighted by atomic mass is 79.9. The van der Waals surface area contributed by atoms with E-state index < -0.39 is 11.9 Å². The van der Waals surface area contributed by atoms with Crippen LogP contribution < -0.4 is 10.6 Å². The molecule has 0 aliphatic carbocycles. The van der Waals surface area contributed by atoms with Gasteiger partial charge in [-0.1, -0.05) is 18.2 Å². The van der Waals surface area contributed by atoms with Crippen molar-refractivity contribution in [1.29, 1.82) is 0 Å². The van der Waals surface area contributed by atoms with Crippen LogP contribution in [0.5, 0.6) is 0 Å². The number of carbonyl (C=O) groups is 1. The second kappa shape index (κ2) is 10.8. The van der Waals surface area contributed by atoms with Crippen LogP contribution in [0.2, 0.25) is 0 Å². The smallest absolute Gasteiger partial charge is 0.226 e. The molecule has 2 N–H and O–H groups in total. The molecular weight excluding hydrogens is 562 g/mol. The third-order valence-electron chi connectivity index (χ3n) is 6.04. The van der Waals surface area contributed by atoms with Gasteiger partial charge in [0, 0.05) is 29.2 Å². The summed E-state index contributed by atoms with van der Waals surface area (Å²) in [5.74, 6) is -0.0519. The van der Waals surface area contributed by atoms with Gasteiger partial charge in [0.1, 0.15) is 29.2 Å². The van der Waals surface area contributed by atoms with E-state index in [0.29, 0.717) is 26.7 Å². The molecule has 1 saturated heterocycles. The molecule has 0 spiro atoms. The van der Waals surface area contributed by atoms with Crippen molar-refractivity contribution >= 4 is 44.9 Å². The highest BCUT2D eigenvalue weighted by Gasteiger charge is 2.41. The predicted octanol–water partition coefficient (Wildman–Crippen LogP) is 6.38. The van der Waals surface area contributed by atoms with Gasteiger partial charge in [-0.2, -0.15) is 0 Å². The van der Waals surface area contributed by atoms with Crippen LogP contribution in [0.1, 0.15) is 30.0 Å². The number of para-hydroxylation sites is 1. The molecule has 0 bridgehead atoms. The van der Waals surface area contributed by atoms with Gasteiger partial charge in [-0.25, -0.2) is 8.78 Å². The molecular formula is C27H21BrF2N4O2S. The van der Waals surface area contributed by atoms with E-state index in [1.807, 2.05) is 35.2 Å². The lowest BCUT2D eigenvalue weighted by Crippen LogP contribution is -2.32. The first kappa shape index (κ1) is 25.0. The maximum atomic E-state index is 14.0. The van der Waals surface area contributed by atoms with E-state index >= 15 is 0 Å². The molecule has 2 aromatic heterocycles. The molecule has 37 heavy (non-hydrogen) atoms. The Labute approximate surface area is 225 Å². The molecule has 1 aliphatic rings. The lowest BCUT2D eigenvalue weighted by Gasteiger charge is -2.25. The standard InChI is InChI=1S/C27H21BrF2N4O2S/c28-18-15-16(29)8-9-17(18)22-10-11-23(36-22)26-25(21-7-3-4-13-31-21)33-27(37)34(26)14-12-24(35)32-20-6-2-1-5-19(20)30/h1-11,13,15,25-26H,12,14H2,(H,32,35)(H,33,37)/t25-,26-/m0/s1. The van der Waals surface area contributed by atoms with Crippen molar-refractivity contribution in [2.45, 2.75) is 18.5 Å². The quantitative estimate of drug-likeness (QED) is 0.246. The van der Waals surface area contributed by atoms with Gasteiger partial charge in [-0.05, 0) is 82.7 Å². The number of hydrogen-bond acceptors (Lipinski definition) is 4. The molecule has 1 fully saturated rings. The summed E-state index contributed by atoms with van der Waals surface area (Å²) in [4.78, 5) is 19.0. The summed E-state index contributed by atoms with van der Waals surface area (Å²) in [7, 11) is 0. The molecule has 1 amide bonds. The topological polar surface area (TPSA) is 70.4 Å². The van der Waals surface area contributed by atoms with E-state index in [1.165, 1.54) is 24.3 Å². The summed E-state index contributed by atoms with van der Waals surface area (Å²) in [6, 6.07) is 18.9. The van der Waals surface area contributed by atoms with Gasteiger partial charge in [0.05, 0.1) is 17.4 Å². The Balaban J connectivity index is 1.42. The minimum absolute atomic E-state index is 0.0681. The fraction of sp³-hybridized carbons (Fsp3) is 0.148. The van der Waals surface area contributed by atoms with Crippen molar-refractivity contribution in [2.24, 2.45) is 0 Å². The van der Waals surface area contributed by atoms with Crippen molar-refractivity contribution in [3.05, 3.63) is 107 Å². The van der Waals surface area contributed by atoms with E-state index in [4.69, 9.17) is 16.6 Å². The molecule has 2 atom stereocenters. The second-order valence-electron chi connectivity index (χ2n) is 8.42. The zero-order chi connectivity index (χ0) is 25.9. The molecule has 0 unspecified atom stereocenters. The fourth-order valence-corrected chi connectivity index (χ4v) is 5.18. The summed E-state index contributed by atoms with van der Waals surface area (Å²) < 4.78 is 34.4. The Hall–Kier alpha value is -3.63. The van der Waals surface area contributed by atoms with Crippen LogP contribution in [0, 0.1) is 11.6 Å². The Morgan fingerprint density at radius 1 is 1.11 bits per heavy atom. The van der Waals surface area contributed by atoms with Gasteiger partial charge in [0.25, 0.3) is 0 Å². The molecule has 4 aromatic rings. The Bertz CT molecular complexity index is 1450. The Morgan fingerprint density at radius 3 is 2.68 bits per heavy atom. The van der Waals surface area contributed by atoms with Crippen LogP contribution in [0.3, 0.4) is 0 Å². The van der Waals surface area contributed by atoms with E-state index in [-0.39, 0.29) is 36.4 Å². The monoisotopic (exact) mass is 582 g/mol. The summed E-state index contributed by atoms with van der Waals surface area (Å²) in [6.07, 6.45) is 1.77. The summed E-state index contributed by atoms with van der Waals surface area (Å²) in [5.41, 5.74) is 1.58. The van der Waals surface area contributed by atoms with Gasteiger partial charge in [0.2, 0.25) is 5.91 Å². The number of thiocarbonyl (C=S) groups is 1. The molecule has 10 heteroatoms. The second-order valence-corrected chi connectivity index (χ2v) is 9.67. The van der Waals surface area contributed by atoms with Gasteiger partial charge < -0.3 is 20.0 Å². The first-order valence-electron chi connectivity index (χ1n) is 11.5. The van der Waals surface area contributed by atoms with E-state index in [2.05, 4.69) is 31.5 Å². The van der Waals surface area contributed by atoms with Crippen molar-refractivity contribution < 1.29 is 18.0 Å². The zero-order valence-corrected chi connectivity index (χ0v) is 21.7. The molecule has 5 rings (SSSR count). The molecule has 188 valence electrons. The molecule has 2 aromatic carbocycles. The zero-order valence-electron chi connectivity index (χ0n) is 19.3. The summed E-state index contributed by atoms with van der Waals surface area (Å²) in [6.45, 7) is 0.260. The van der Waals surface area contributed by atoms with Crippen molar-refractivity contribution in [1.82, 2.24) is 15.2 Å². The number of amides is 1. The van der Waals surface area contributed by atoms with Crippen molar-refractivity contribution in [2.75, 3.05) is 11.9 Å². The lowest BCUT2D eigenvalue weighted by atomic mass is 10.0. The number of rotatable bonds is 7. The molecule has 6 nitrogen and oxygen atoms in total. The van der Waals surface area contributed by atoms with Crippen LogP contribution in [0.25, 0.3) is 11.3 Å². The number of nitrogens with zero attached hydrogens (tertiary/aromatic N) is 2. The number of carbonyl (C=O) groups excluding carboxylic acids is 1. The first-order chi connectivity index (χ1) is 17.9. The normalized spacial score (nSPS) is 17.1. The van der Waals surface area contributed by atoms with Gasteiger partial charge in [0.15, 0.2) is 5.11 Å². The Morgan fingerprint density at radius 2 is 1.92 bits per heavy atom. The molecule has 3 heterocycles. The van der Waals surface area contributed by atoms with Crippen LogP contribution in [0.4, 0.5) is 14.5 Å². The summed E-state index contributed by atoms with van der Waals surface area (Å²) >= 11 is 9.03. The average molecular weight is 583 g/mol. The highest BCUT2D eigenvalue weighted by molar-refractivity contribution is 9.10. The van der Waals surface area contributed by atoms with E-state index in [0.717, 1.165) is 5.69 Å². The molecule has 0 saturated carbocycles. The fourth-order valence-electron chi connectivity index (χ4n) is 4.30. The van der Waals surface area contributed by atoms with Crippen molar-refractivity contribution in [3.8, 4) is 11.3 Å². The highest BCUT2D eigenvalue weighted by Crippen LogP contribution is 2.41. The minimum atomic E-state index is -0.502. The number of furan rings is 1. The number of benzene rings is 2. The number of nitrogens with one attached hydrogen (secondary N) is 2. The third-order valence-corrected chi connectivity index (χ3v) is 7.05. The number of anilines is 1. The molecule has 1 aliphatic heterocycles. The maximum absolute atomic E-state index is 14.0. The Kier molecular flexibility index (Phi) is 7.29. The number of aromatic nitrogens is 1. The number of pyridine rings is 1. The SMILES string of the molecule is O=C(CCN1C(=S)N[C@@H](c2ccccn2)[C@@H]1c1ccc(-c2ccc(F)cc2Br)o1)Nc1ccccc1F. The van der Waals surface area contributed by atoms with Gasteiger partial charge in [-0.3, -0.25) is 9.78 Å². The minimum Gasteiger partial charge on any atom is -0.459 e. The molecule has 0 radical (unpaired) electrons. The average Bonchev–Trinajstić information content (AvgIpc) is 3.49. The van der Waals surface area contributed by atoms with Crippen LogP contribution in [-0.2, 0) is 4.79 Å². The van der Waals surface area contributed by atoms with Gasteiger partial charge in [-0.15, -0.1) is 0 Å². The largest absolute Gasteiger partial charge is 0.459 e. The summed E-state index contributed by atoms with van der Waals surface area (Å²) in [5, 5.41) is 6.36. The lowest BCUT2D eigenvalue weighted by molar-refractivity contribution is -0.116. The van der Waals surface area contributed by atoms with Crippen LogP contribution in [-0.4, -0.2) is 27.4 Å². The van der Waals surface area contributed by atoms with Crippen LogP contribution in [0.15, 0.2) is 87.9 Å². The number of hydrogen-bond donors (Lipinski definition) is 2. The van der Waals surface area contributed by atoms with E-state index in [9.17, 15) is 13.6 Å².